The molecule has 3 aromatic rings. The van der Waals surface area contributed by atoms with E-state index in [2.05, 4.69) is 20.2 Å². The molecule has 0 fully saturated rings. The molecule has 0 spiro atoms. The average Bonchev–Trinajstić information content (AvgIpc) is 3.17. The molecule has 0 aliphatic rings. The number of sulfonamides is 1. The summed E-state index contributed by atoms with van der Waals surface area (Å²) < 4.78 is 27.7. The largest absolute Gasteiger partial charge is 0.296 e. The first-order chi connectivity index (χ1) is 13.4. The normalized spacial score (nSPS) is 12.5. The quantitative estimate of drug-likeness (QED) is 0.547. The second-order valence-electron chi connectivity index (χ2n) is 5.83. The van der Waals surface area contributed by atoms with Gasteiger partial charge in [0.05, 0.1) is 0 Å². The molecule has 1 heterocycles. The molecule has 2 N–H and O–H groups in total. The number of carbonyl (C=O) groups is 1. The molecule has 0 saturated carbocycles. The summed E-state index contributed by atoms with van der Waals surface area (Å²) in [7, 11) is -3.88. The van der Waals surface area contributed by atoms with E-state index in [1.807, 2.05) is 37.3 Å². The molecule has 2 aromatic carbocycles. The Bertz CT molecular complexity index is 1050. The molecule has 0 bridgehead atoms. The van der Waals surface area contributed by atoms with Gasteiger partial charge < -0.3 is 0 Å². The van der Waals surface area contributed by atoms with Crippen molar-refractivity contribution in [1.82, 2.24) is 14.9 Å². The fraction of sp³-hybridized carbons (Fsp3) is 0.167. The lowest BCUT2D eigenvalue weighted by atomic mass is 10.1. The predicted octanol–water partition coefficient (Wildman–Crippen LogP) is 3.87. The molecule has 1 atom stereocenters. The monoisotopic (exact) mass is 436 g/mol. The Morgan fingerprint density at radius 1 is 1.11 bits per heavy atom. The first kappa shape index (κ1) is 20.4. The zero-order valence-electron chi connectivity index (χ0n) is 14.8. The summed E-state index contributed by atoms with van der Waals surface area (Å²) in [6.45, 7) is 1.89. The van der Waals surface area contributed by atoms with Gasteiger partial charge in [-0.25, -0.2) is 13.1 Å². The van der Waals surface area contributed by atoms with Crippen LogP contribution in [0.25, 0.3) is 0 Å². The summed E-state index contributed by atoms with van der Waals surface area (Å²) in [6.07, 6.45) is 0.572. The van der Waals surface area contributed by atoms with Gasteiger partial charge in [0.1, 0.15) is 0 Å². The maximum Gasteiger partial charge on any atom is 0.270 e. The van der Waals surface area contributed by atoms with E-state index in [9.17, 15) is 13.2 Å². The van der Waals surface area contributed by atoms with Crippen LogP contribution in [0.1, 0.15) is 35.3 Å². The van der Waals surface area contributed by atoms with Gasteiger partial charge in [0, 0.05) is 16.6 Å². The van der Waals surface area contributed by atoms with E-state index in [0.29, 0.717) is 17.0 Å². The summed E-state index contributed by atoms with van der Waals surface area (Å²) in [6, 6.07) is 15.2. The van der Waals surface area contributed by atoms with Gasteiger partial charge in [-0.3, -0.25) is 10.1 Å². The van der Waals surface area contributed by atoms with Crippen molar-refractivity contribution in [3.63, 3.8) is 0 Å². The van der Waals surface area contributed by atoms with Crippen molar-refractivity contribution in [1.29, 1.82) is 0 Å². The van der Waals surface area contributed by atoms with Crippen molar-refractivity contribution >= 4 is 44.0 Å². The molecule has 0 aliphatic carbocycles. The van der Waals surface area contributed by atoms with Crippen LogP contribution in [0.2, 0.25) is 5.02 Å². The van der Waals surface area contributed by atoms with Crippen LogP contribution in [0.3, 0.4) is 0 Å². The lowest BCUT2D eigenvalue weighted by Crippen LogP contribution is -2.28. The van der Waals surface area contributed by atoms with Gasteiger partial charge in [-0.1, -0.05) is 60.2 Å². The summed E-state index contributed by atoms with van der Waals surface area (Å²) in [5.74, 6) is -0.430. The number of nitrogens with zero attached hydrogens (tertiary/aromatic N) is 2. The fourth-order valence-corrected chi connectivity index (χ4v) is 4.79. The van der Waals surface area contributed by atoms with E-state index in [0.717, 1.165) is 16.9 Å². The molecule has 10 heteroatoms. The molecular weight excluding hydrogens is 420 g/mol. The Morgan fingerprint density at radius 3 is 2.43 bits per heavy atom. The van der Waals surface area contributed by atoms with Gasteiger partial charge in [-0.05, 0) is 36.2 Å². The molecule has 0 radical (unpaired) electrons. The molecule has 3 rings (SSSR count). The van der Waals surface area contributed by atoms with Crippen molar-refractivity contribution in [2.24, 2.45) is 0 Å². The lowest BCUT2D eigenvalue weighted by molar-refractivity contribution is 0.102. The van der Waals surface area contributed by atoms with Crippen LogP contribution in [-0.2, 0) is 10.0 Å². The number of rotatable bonds is 7. The van der Waals surface area contributed by atoms with Gasteiger partial charge in [0.25, 0.3) is 15.9 Å². The minimum Gasteiger partial charge on any atom is -0.296 e. The number of amides is 1. The minimum absolute atomic E-state index is 0.0908. The topological polar surface area (TPSA) is 101 Å². The highest BCUT2D eigenvalue weighted by atomic mass is 35.5. The third-order valence-corrected chi connectivity index (χ3v) is 6.80. The van der Waals surface area contributed by atoms with Crippen molar-refractivity contribution in [2.45, 2.75) is 23.7 Å². The number of halogens is 1. The van der Waals surface area contributed by atoms with E-state index < -0.39 is 15.9 Å². The van der Waals surface area contributed by atoms with Gasteiger partial charge in [-0.2, -0.15) is 0 Å². The van der Waals surface area contributed by atoms with E-state index >= 15 is 0 Å². The predicted molar refractivity (Wildman–Crippen MR) is 109 cm³/mol. The average molecular weight is 437 g/mol. The Balaban J connectivity index is 1.73. The third-order valence-electron chi connectivity index (χ3n) is 3.87. The number of benzene rings is 2. The molecule has 0 aliphatic heterocycles. The summed E-state index contributed by atoms with van der Waals surface area (Å²) in [4.78, 5) is 12.2. The summed E-state index contributed by atoms with van der Waals surface area (Å²) in [5, 5.41) is 10.6. The van der Waals surface area contributed by atoms with Crippen LogP contribution in [0.5, 0.6) is 0 Å². The number of hydrogen-bond acceptors (Lipinski definition) is 6. The van der Waals surface area contributed by atoms with Crippen molar-refractivity contribution < 1.29 is 13.2 Å². The smallest absolute Gasteiger partial charge is 0.270 e. The van der Waals surface area contributed by atoms with Crippen LogP contribution in [0, 0.1) is 0 Å². The molecular formula is C18H17ClN4O3S2. The Hall–Kier alpha value is -2.33. The van der Waals surface area contributed by atoms with Crippen LogP contribution >= 0.6 is 22.9 Å². The van der Waals surface area contributed by atoms with Crippen LogP contribution < -0.4 is 10.0 Å². The first-order valence-electron chi connectivity index (χ1n) is 8.36. The highest BCUT2D eigenvalue weighted by molar-refractivity contribution is 7.91. The second-order valence-corrected chi connectivity index (χ2v) is 9.13. The fourth-order valence-electron chi connectivity index (χ4n) is 2.45. The highest BCUT2D eigenvalue weighted by Crippen LogP contribution is 2.24. The van der Waals surface area contributed by atoms with E-state index in [1.165, 1.54) is 0 Å². The first-order valence-corrected chi connectivity index (χ1v) is 11.0. The van der Waals surface area contributed by atoms with Crippen molar-refractivity contribution in [3.8, 4) is 0 Å². The number of nitrogens with one attached hydrogen (secondary N) is 2. The third kappa shape index (κ3) is 4.93. The molecule has 1 amide bonds. The van der Waals surface area contributed by atoms with Crippen molar-refractivity contribution in [3.05, 3.63) is 70.7 Å². The minimum atomic E-state index is -3.88. The maximum atomic E-state index is 12.7. The molecule has 0 unspecified atom stereocenters. The zero-order chi connectivity index (χ0) is 20.1. The number of hydrogen-bond donors (Lipinski definition) is 2. The number of aromatic nitrogens is 2. The Labute approximate surface area is 171 Å². The van der Waals surface area contributed by atoms with Gasteiger partial charge in [0.2, 0.25) is 9.47 Å². The molecule has 7 nitrogen and oxygen atoms in total. The van der Waals surface area contributed by atoms with E-state index in [1.54, 1.807) is 24.3 Å². The SMILES string of the molecule is CC[C@@H](NS(=O)(=O)c1nnc(NC(=O)c2ccc(Cl)cc2)s1)c1ccccc1. The second kappa shape index (κ2) is 8.78. The summed E-state index contributed by atoms with van der Waals surface area (Å²) in [5.41, 5.74) is 1.23. The summed E-state index contributed by atoms with van der Waals surface area (Å²) >= 11 is 6.59. The molecule has 0 saturated heterocycles. The Morgan fingerprint density at radius 2 is 1.79 bits per heavy atom. The maximum absolute atomic E-state index is 12.7. The van der Waals surface area contributed by atoms with Crippen LogP contribution in [0.15, 0.2) is 58.9 Å². The van der Waals surface area contributed by atoms with Crippen LogP contribution in [-0.4, -0.2) is 24.5 Å². The zero-order valence-corrected chi connectivity index (χ0v) is 17.2. The van der Waals surface area contributed by atoms with Crippen molar-refractivity contribution in [2.75, 3.05) is 5.32 Å². The van der Waals surface area contributed by atoms with Crippen LogP contribution in [0.4, 0.5) is 5.13 Å². The van der Waals surface area contributed by atoms with E-state index in [4.69, 9.17) is 11.6 Å². The number of anilines is 1. The number of carbonyl (C=O) groups excluding carboxylic acids is 1. The lowest BCUT2D eigenvalue weighted by Gasteiger charge is -2.16. The molecule has 146 valence electrons. The van der Waals surface area contributed by atoms with Gasteiger partial charge >= 0.3 is 0 Å². The Kier molecular flexibility index (Phi) is 6.40. The standard InChI is InChI=1S/C18H17ClN4O3S2/c1-2-15(12-6-4-3-5-7-12)23-28(25,26)18-22-21-17(27-18)20-16(24)13-8-10-14(19)11-9-13/h3-11,15,23H,2H2,1H3,(H,20,21,24)/t15-/m1/s1. The highest BCUT2D eigenvalue weighted by Gasteiger charge is 2.25. The van der Waals surface area contributed by atoms with E-state index in [-0.39, 0.29) is 15.5 Å². The van der Waals surface area contributed by atoms with Gasteiger partial charge in [0.15, 0.2) is 0 Å². The molecule has 28 heavy (non-hydrogen) atoms. The molecule has 1 aromatic heterocycles. The van der Waals surface area contributed by atoms with Gasteiger partial charge in [-0.15, -0.1) is 10.2 Å².